The Bertz CT molecular complexity index is 2110. The number of piperidine rings is 4. The molecule has 2 amide bonds. The number of hydrazine groups is 1. The minimum Gasteiger partial charge on any atom is -0.488 e. The number of nitrogens with zero attached hydrogens (tertiary/aromatic N) is 5. The minimum atomic E-state index is -1.15. The van der Waals surface area contributed by atoms with Gasteiger partial charge in [0.25, 0.3) is 5.91 Å². The summed E-state index contributed by atoms with van der Waals surface area (Å²) in [5.41, 5.74) is 10.8. The quantitative estimate of drug-likeness (QED) is 0.196. The van der Waals surface area contributed by atoms with Crippen molar-refractivity contribution in [2.45, 2.75) is 135 Å². The molecule has 8 aliphatic rings. The Kier molecular flexibility index (Phi) is 13.9. The van der Waals surface area contributed by atoms with E-state index >= 15 is 8.78 Å². The van der Waals surface area contributed by atoms with Gasteiger partial charge in [-0.1, -0.05) is 34.3 Å². The molecule has 2 atom stereocenters. The molecule has 1 saturated carbocycles. The zero-order valence-electron chi connectivity index (χ0n) is 38.8. The van der Waals surface area contributed by atoms with E-state index in [2.05, 4.69) is 67.9 Å². The van der Waals surface area contributed by atoms with E-state index in [-0.39, 0.29) is 50.6 Å². The number of fused-ring (bicyclic) bond motifs is 2. The Morgan fingerprint density at radius 1 is 0.906 bits per heavy atom. The molecule has 4 saturated heterocycles. The van der Waals surface area contributed by atoms with Gasteiger partial charge in [0, 0.05) is 89.2 Å². The average molecular weight is 888 g/mol. The van der Waals surface area contributed by atoms with Gasteiger partial charge in [0.1, 0.15) is 29.5 Å². The van der Waals surface area contributed by atoms with Crippen molar-refractivity contribution in [3.05, 3.63) is 76.9 Å². The molecule has 2 aromatic carbocycles. The molecule has 12 nitrogen and oxygen atoms in total. The summed E-state index contributed by atoms with van der Waals surface area (Å²) >= 11 is 0. The van der Waals surface area contributed by atoms with Crippen LogP contribution in [0.25, 0.3) is 0 Å². The van der Waals surface area contributed by atoms with Crippen LogP contribution in [0.3, 0.4) is 0 Å². The number of hydrogen-bond donors (Lipinski definition) is 4. The van der Waals surface area contributed by atoms with E-state index in [9.17, 15) is 9.59 Å². The predicted octanol–water partition coefficient (Wildman–Crippen LogP) is 8.69. The van der Waals surface area contributed by atoms with Crippen LogP contribution in [-0.4, -0.2) is 102 Å². The van der Waals surface area contributed by atoms with E-state index in [4.69, 9.17) is 9.73 Å². The molecule has 64 heavy (non-hydrogen) atoms. The van der Waals surface area contributed by atoms with Crippen molar-refractivity contribution in [3.8, 4) is 5.75 Å². The fourth-order valence-electron chi connectivity index (χ4n) is 10.7. The Morgan fingerprint density at radius 3 is 2.31 bits per heavy atom. The minimum absolute atomic E-state index is 0. The fraction of sp³-hybridized carbons (Fsp3) is 0.620. The number of alkyl halides is 1. The molecule has 5 fully saturated rings. The number of ether oxygens (including phenoxy) is 1. The van der Waals surface area contributed by atoms with E-state index in [0.717, 1.165) is 94.2 Å². The smallest absolute Gasteiger partial charge is 0.255 e. The molecule has 10 rings (SSSR count). The second kappa shape index (κ2) is 19.4. The Hall–Kier alpha value is -4.69. The summed E-state index contributed by atoms with van der Waals surface area (Å²) in [7, 11) is 0. The van der Waals surface area contributed by atoms with Gasteiger partial charge in [-0.2, -0.15) is 0 Å². The number of anilines is 2. The van der Waals surface area contributed by atoms with Crippen molar-refractivity contribution in [1.82, 2.24) is 30.8 Å². The third kappa shape index (κ3) is 9.78. The van der Waals surface area contributed by atoms with Crippen LogP contribution in [0.5, 0.6) is 5.75 Å². The van der Waals surface area contributed by atoms with Crippen LogP contribution in [0.2, 0.25) is 0 Å². The van der Waals surface area contributed by atoms with Crippen molar-refractivity contribution in [1.29, 1.82) is 0 Å². The van der Waals surface area contributed by atoms with E-state index < -0.39 is 5.67 Å². The summed E-state index contributed by atoms with van der Waals surface area (Å²) in [6.45, 7) is 20.7. The van der Waals surface area contributed by atoms with Gasteiger partial charge in [-0.05, 0) is 113 Å². The Labute approximate surface area is 382 Å². The van der Waals surface area contributed by atoms with Gasteiger partial charge < -0.3 is 40.4 Å². The Balaban J connectivity index is 0.00000117. The zero-order chi connectivity index (χ0) is 45.2. The van der Waals surface area contributed by atoms with Crippen LogP contribution in [-0.2, 0) is 11.3 Å². The first-order chi connectivity index (χ1) is 31.0. The lowest BCUT2D eigenvalue weighted by atomic mass is 9.80. The van der Waals surface area contributed by atoms with Crippen molar-refractivity contribution < 1.29 is 26.0 Å². The third-order valence-electron chi connectivity index (χ3n) is 14.7. The third-order valence-corrected chi connectivity index (χ3v) is 14.7. The van der Waals surface area contributed by atoms with Crippen molar-refractivity contribution in [2.75, 3.05) is 62.8 Å². The van der Waals surface area contributed by atoms with Gasteiger partial charge >= 0.3 is 0 Å². The highest BCUT2D eigenvalue weighted by Gasteiger charge is 2.42. The van der Waals surface area contributed by atoms with Gasteiger partial charge in [0.05, 0.1) is 30.0 Å². The molecule has 0 aromatic heterocycles. The number of nitrogens with one attached hydrogen (secondary N) is 4. The van der Waals surface area contributed by atoms with E-state index in [1.807, 2.05) is 33.8 Å². The average Bonchev–Trinajstić information content (AvgIpc) is 3.73. The number of hydrogen-bond acceptors (Lipinski definition) is 10. The van der Waals surface area contributed by atoms with E-state index in [0.29, 0.717) is 80.3 Å². The van der Waals surface area contributed by atoms with Crippen LogP contribution in [0.4, 0.5) is 20.2 Å². The highest BCUT2D eigenvalue weighted by atomic mass is 19.1. The van der Waals surface area contributed by atoms with Gasteiger partial charge in [0.2, 0.25) is 5.91 Å². The predicted molar refractivity (Wildman–Crippen MR) is 255 cm³/mol. The SMILES string of the molecule is C=C1NC(=O)CCC1N1Cc2c(ccc(N3CCC(CC4(F)CCN(CC5CCN(C6=NCNC(C7NNc8ccc(OC9(C)CC9)cc87)=C6)CC5)CC4)CC3)c2F)C1=O.CC.CC.[HH].[HH]. The molecular formula is C50H75F2N9O3. The lowest BCUT2D eigenvalue weighted by Crippen LogP contribution is -2.47. The van der Waals surface area contributed by atoms with Crippen molar-refractivity contribution in [2.24, 2.45) is 16.8 Å². The first-order valence-corrected chi connectivity index (χ1v) is 24.4. The number of halogens is 2. The lowest BCUT2D eigenvalue weighted by Gasteiger charge is -2.42. The van der Waals surface area contributed by atoms with Gasteiger partial charge in [-0.15, -0.1) is 0 Å². The molecule has 14 heteroatoms. The largest absolute Gasteiger partial charge is 0.488 e. The number of amidine groups is 1. The molecule has 7 aliphatic heterocycles. The molecule has 0 radical (unpaired) electrons. The molecule has 0 bridgehead atoms. The number of carbonyl (C=O) groups is 2. The molecule has 7 heterocycles. The number of likely N-dealkylation sites (tertiary alicyclic amines) is 2. The number of benzene rings is 2. The van der Waals surface area contributed by atoms with Crippen molar-refractivity contribution >= 4 is 29.0 Å². The standard InChI is InChI=1S/C46H59F2N9O3.2C2H6.2H2/c1-29-38(7-8-41(58)51-29)57-27-35-33(44(57)59)4-6-39(42(35)47)55-17-9-30(10-18-55)25-46(48)15-21-54(22-16-46)26-31-11-19-56(20-12-31)40-24-37(49-28-50-40)43-34-23-32(60-45(2)13-14-45)3-5-36(34)52-53-43;2*1-2;;/h3-6,23-24,30-31,38,43,49,52-53H,1,7-22,25-28H2,2H3,(H,51,58);2*1-2H3;2*1H. The summed E-state index contributed by atoms with van der Waals surface area (Å²) in [6, 6.07) is 9.42. The first kappa shape index (κ1) is 45.9. The summed E-state index contributed by atoms with van der Waals surface area (Å²) in [5, 5.41) is 6.25. The molecular weight excluding hydrogens is 813 g/mol. The van der Waals surface area contributed by atoms with Crippen LogP contribution in [0, 0.1) is 17.7 Å². The topological polar surface area (TPSA) is 117 Å². The normalized spacial score (nSPS) is 25.3. The summed E-state index contributed by atoms with van der Waals surface area (Å²) in [6.07, 6.45) is 10.8. The maximum absolute atomic E-state index is 16.4. The van der Waals surface area contributed by atoms with Gasteiger partial charge in [0.15, 0.2) is 5.82 Å². The highest BCUT2D eigenvalue weighted by molar-refractivity contribution is 5.99. The van der Waals surface area contributed by atoms with Crippen LogP contribution in [0.1, 0.15) is 136 Å². The second-order valence-corrected chi connectivity index (χ2v) is 19.0. The molecule has 4 N–H and O–H groups in total. The lowest BCUT2D eigenvalue weighted by molar-refractivity contribution is -0.121. The van der Waals surface area contributed by atoms with Crippen LogP contribution >= 0.6 is 0 Å². The fourth-order valence-corrected chi connectivity index (χ4v) is 10.7. The summed E-state index contributed by atoms with van der Waals surface area (Å²) in [5.74, 6) is 2.16. The molecule has 0 spiro atoms. The Morgan fingerprint density at radius 2 is 1.61 bits per heavy atom. The maximum Gasteiger partial charge on any atom is 0.255 e. The van der Waals surface area contributed by atoms with Crippen LogP contribution in [0.15, 0.2) is 59.4 Å². The zero-order valence-corrected chi connectivity index (χ0v) is 38.8. The number of rotatable bonds is 9. The van der Waals surface area contributed by atoms with Crippen molar-refractivity contribution in [3.63, 3.8) is 0 Å². The summed E-state index contributed by atoms with van der Waals surface area (Å²) in [4.78, 5) is 38.5. The molecule has 2 unspecified atom stereocenters. The highest BCUT2D eigenvalue weighted by Crippen LogP contribution is 2.43. The van der Waals surface area contributed by atoms with Crippen LogP contribution < -0.4 is 31.1 Å². The van der Waals surface area contributed by atoms with Gasteiger partial charge in [-0.3, -0.25) is 9.59 Å². The summed E-state index contributed by atoms with van der Waals surface area (Å²) < 4.78 is 38.7. The number of amides is 2. The monoisotopic (exact) mass is 888 g/mol. The molecule has 1 aliphatic carbocycles. The maximum atomic E-state index is 16.4. The van der Waals surface area contributed by atoms with Gasteiger partial charge in [-0.25, -0.2) is 19.2 Å². The van der Waals surface area contributed by atoms with E-state index in [1.165, 1.54) is 5.56 Å². The second-order valence-electron chi connectivity index (χ2n) is 19.0. The molecule has 2 aromatic rings. The first-order valence-electron chi connectivity index (χ1n) is 24.4. The number of aliphatic imine (C=N–C) groups is 1. The van der Waals surface area contributed by atoms with E-state index in [1.54, 1.807) is 17.0 Å². The molecule has 352 valence electrons. The number of carbonyl (C=O) groups excluding carboxylic acids is 2.